The molecule has 0 aromatic heterocycles. The molecule has 25 heavy (non-hydrogen) atoms. The van der Waals surface area contributed by atoms with E-state index in [0.29, 0.717) is 16.9 Å². The fourth-order valence-electron chi connectivity index (χ4n) is 2.61. The van der Waals surface area contributed by atoms with Gasteiger partial charge in [0.05, 0.1) is 7.11 Å². The summed E-state index contributed by atoms with van der Waals surface area (Å²) < 4.78 is 15.8. The Balaban J connectivity index is 2.46. The molecule has 0 aliphatic rings. The van der Waals surface area contributed by atoms with Crippen molar-refractivity contribution in [2.75, 3.05) is 21.0 Å². The molecule has 0 saturated carbocycles. The van der Waals surface area contributed by atoms with E-state index in [-0.39, 0.29) is 29.6 Å². The van der Waals surface area contributed by atoms with Gasteiger partial charge in [-0.2, -0.15) is 0 Å². The molecule has 0 atom stereocenters. The molecule has 0 unspecified atom stereocenters. The van der Waals surface area contributed by atoms with Crippen LogP contribution in [0.15, 0.2) is 36.4 Å². The number of hydrogen-bond donors (Lipinski definition) is 1. The Labute approximate surface area is 147 Å². The zero-order chi connectivity index (χ0) is 18.4. The first-order chi connectivity index (χ1) is 12.0. The summed E-state index contributed by atoms with van der Waals surface area (Å²) in [6.45, 7) is 3.49. The van der Waals surface area contributed by atoms with Crippen LogP contribution < -0.4 is 9.47 Å². The van der Waals surface area contributed by atoms with Crippen molar-refractivity contribution in [1.82, 2.24) is 0 Å². The number of ether oxygens (including phenoxy) is 3. The minimum absolute atomic E-state index is 0.0332. The maximum atomic E-state index is 12.7. The quantitative estimate of drug-likeness (QED) is 0.470. The van der Waals surface area contributed by atoms with E-state index in [0.717, 1.165) is 5.56 Å². The average molecular weight is 342 g/mol. The highest BCUT2D eigenvalue weighted by Gasteiger charge is 2.24. The molecule has 2 aromatic carbocycles. The minimum atomic E-state index is -0.345. The van der Waals surface area contributed by atoms with Crippen molar-refractivity contribution in [1.29, 1.82) is 0 Å². The van der Waals surface area contributed by atoms with Crippen molar-refractivity contribution in [2.45, 2.75) is 13.8 Å². The molecule has 0 bridgehead atoms. The van der Waals surface area contributed by atoms with Crippen molar-refractivity contribution in [3.63, 3.8) is 0 Å². The molecular weight excluding hydrogens is 320 g/mol. The fraction of sp³-hybridized carbons (Fsp3) is 0.250. The third-order valence-corrected chi connectivity index (χ3v) is 3.84. The highest BCUT2D eigenvalue weighted by atomic mass is 16.7. The first-order valence-electron chi connectivity index (χ1n) is 7.80. The molecular formula is C20H22O5. The van der Waals surface area contributed by atoms with Crippen LogP contribution in [0.3, 0.4) is 0 Å². The monoisotopic (exact) mass is 342 g/mol. The van der Waals surface area contributed by atoms with Crippen molar-refractivity contribution < 1.29 is 24.1 Å². The fourth-order valence-corrected chi connectivity index (χ4v) is 2.61. The second-order valence-corrected chi connectivity index (χ2v) is 5.50. The van der Waals surface area contributed by atoms with Crippen LogP contribution in [0.1, 0.15) is 27.0 Å². The lowest BCUT2D eigenvalue weighted by molar-refractivity contribution is 0.0497. The van der Waals surface area contributed by atoms with E-state index in [1.165, 1.54) is 20.3 Å². The van der Waals surface area contributed by atoms with Gasteiger partial charge in [0, 0.05) is 18.2 Å². The first-order valence-corrected chi connectivity index (χ1v) is 7.80. The Morgan fingerprint density at radius 2 is 1.76 bits per heavy atom. The number of allylic oxidation sites excluding steroid dienone is 1. The SMILES string of the molecule is COCOc1c(C)c(O)c(C(=O)/C=C/c2ccccc2)c(OC)c1C. The van der Waals surface area contributed by atoms with Gasteiger partial charge in [-0.3, -0.25) is 4.79 Å². The van der Waals surface area contributed by atoms with E-state index in [4.69, 9.17) is 14.2 Å². The molecule has 0 aliphatic heterocycles. The normalized spacial score (nSPS) is 10.9. The van der Waals surface area contributed by atoms with E-state index in [1.807, 2.05) is 30.3 Å². The van der Waals surface area contributed by atoms with E-state index in [2.05, 4.69) is 0 Å². The molecule has 0 saturated heterocycles. The lowest BCUT2D eigenvalue weighted by Gasteiger charge is -2.18. The van der Waals surface area contributed by atoms with Gasteiger partial charge in [0.1, 0.15) is 22.8 Å². The van der Waals surface area contributed by atoms with Gasteiger partial charge >= 0.3 is 0 Å². The van der Waals surface area contributed by atoms with E-state index < -0.39 is 0 Å². The van der Waals surface area contributed by atoms with Crippen molar-refractivity contribution >= 4 is 11.9 Å². The predicted molar refractivity (Wildman–Crippen MR) is 96.4 cm³/mol. The van der Waals surface area contributed by atoms with Crippen molar-refractivity contribution in [3.8, 4) is 17.2 Å². The molecule has 2 aromatic rings. The van der Waals surface area contributed by atoms with Crippen LogP contribution in [-0.4, -0.2) is 31.9 Å². The van der Waals surface area contributed by atoms with Gasteiger partial charge < -0.3 is 19.3 Å². The largest absolute Gasteiger partial charge is 0.507 e. The predicted octanol–water partition coefficient (Wildman–Crippen LogP) is 3.90. The van der Waals surface area contributed by atoms with Crippen molar-refractivity contribution in [2.24, 2.45) is 0 Å². The average Bonchev–Trinajstić information content (AvgIpc) is 2.63. The number of phenolic OH excluding ortho intramolecular Hbond substituents is 1. The zero-order valence-electron chi connectivity index (χ0n) is 14.8. The standard InChI is InChI=1S/C20H22O5/c1-13-18(22)17(16(21)11-10-15-8-6-5-7-9-15)20(24-4)14(2)19(13)25-12-23-3/h5-11,22H,12H2,1-4H3/b11-10+. The highest BCUT2D eigenvalue weighted by molar-refractivity contribution is 6.11. The summed E-state index contributed by atoms with van der Waals surface area (Å²) in [5.41, 5.74) is 2.11. The third-order valence-electron chi connectivity index (χ3n) is 3.84. The van der Waals surface area contributed by atoms with Crippen LogP contribution in [0.5, 0.6) is 17.2 Å². The van der Waals surface area contributed by atoms with Crippen LogP contribution in [-0.2, 0) is 4.74 Å². The van der Waals surface area contributed by atoms with Crippen LogP contribution in [0.4, 0.5) is 0 Å². The molecule has 0 aliphatic carbocycles. The van der Waals surface area contributed by atoms with Gasteiger partial charge in [0.25, 0.3) is 0 Å². The minimum Gasteiger partial charge on any atom is -0.507 e. The first kappa shape index (κ1) is 18.5. The number of carbonyl (C=O) groups is 1. The molecule has 0 radical (unpaired) electrons. The zero-order valence-corrected chi connectivity index (χ0v) is 14.8. The second kappa shape index (κ2) is 8.35. The van der Waals surface area contributed by atoms with E-state index in [9.17, 15) is 9.90 Å². The van der Waals surface area contributed by atoms with Crippen LogP contribution in [0, 0.1) is 13.8 Å². The molecule has 0 amide bonds. The Hall–Kier alpha value is -2.79. The maximum Gasteiger partial charge on any atom is 0.193 e. The summed E-state index contributed by atoms with van der Waals surface area (Å²) in [5, 5.41) is 10.5. The van der Waals surface area contributed by atoms with E-state index >= 15 is 0 Å². The lowest BCUT2D eigenvalue weighted by atomic mass is 9.98. The van der Waals surface area contributed by atoms with Crippen LogP contribution >= 0.6 is 0 Å². The summed E-state index contributed by atoms with van der Waals surface area (Å²) in [6, 6.07) is 9.45. The molecule has 0 heterocycles. The third kappa shape index (κ3) is 4.00. The molecule has 2 rings (SSSR count). The summed E-state index contributed by atoms with van der Waals surface area (Å²) in [6.07, 6.45) is 3.11. The second-order valence-electron chi connectivity index (χ2n) is 5.50. The number of phenols is 1. The smallest absolute Gasteiger partial charge is 0.193 e. The number of ketones is 1. The molecule has 5 heteroatoms. The van der Waals surface area contributed by atoms with Crippen LogP contribution in [0.25, 0.3) is 6.08 Å². The number of hydrogen-bond acceptors (Lipinski definition) is 5. The van der Waals surface area contributed by atoms with Gasteiger partial charge in [0.15, 0.2) is 12.6 Å². The Morgan fingerprint density at radius 3 is 2.36 bits per heavy atom. The van der Waals surface area contributed by atoms with Gasteiger partial charge in [-0.05, 0) is 25.5 Å². The molecule has 1 N–H and O–H groups in total. The summed E-state index contributed by atoms with van der Waals surface area (Å²) in [5.74, 6) is 0.232. The summed E-state index contributed by atoms with van der Waals surface area (Å²) in [4.78, 5) is 12.7. The molecule has 5 nitrogen and oxygen atoms in total. The number of benzene rings is 2. The van der Waals surface area contributed by atoms with Crippen molar-refractivity contribution in [3.05, 3.63) is 58.7 Å². The maximum absolute atomic E-state index is 12.7. The Bertz CT molecular complexity index is 779. The van der Waals surface area contributed by atoms with Gasteiger partial charge in [-0.25, -0.2) is 0 Å². The molecule has 0 spiro atoms. The van der Waals surface area contributed by atoms with Crippen LogP contribution in [0.2, 0.25) is 0 Å². The van der Waals surface area contributed by atoms with E-state index in [1.54, 1.807) is 19.9 Å². The van der Waals surface area contributed by atoms with Gasteiger partial charge in [-0.1, -0.05) is 36.4 Å². The Morgan fingerprint density at radius 1 is 1.08 bits per heavy atom. The summed E-state index contributed by atoms with van der Waals surface area (Å²) in [7, 11) is 2.96. The summed E-state index contributed by atoms with van der Waals surface area (Å²) >= 11 is 0. The number of methoxy groups -OCH3 is 2. The number of aromatic hydroxyl groups is 1. The lowest BCUT2D eigenvalue weighted by Crippen LogP contribution is -2.08. The Kier molecular flexibility index (Phi) is 6.19. The topological polar surface area (TPSA) is 65.0 Å². The number of rotatable bonds is 7. The number of carbonyl (C=O) groups excluding carboxylic acids is 1. The molecule has 132 valence electrons. The molecule has 0 fully saturated rings. The van der Waals surface area contributed by atoms with Gasteiger partial charge in [0.2, 0.25) is 0 Å². The highest BCUT2D eigenvalue weighted by Crippen LogP contribution is 2.42. The van der Waals surface area contributed by atoms with Gasteiger partial charge in [-0.15, -0.1) is 0 Å².